The van der Waals surface area contributed by atoms with Crippen LogP contribution >= 0.6 is 23.2 Å². The summed E-state index contributed by atoms with van der Waals surface area (Å²) in [5.41, 5.74) is 1.24. The summed E-state index contributed by atoms with van der Waals surface area (Å²) < 4.78 is 10.7. The zero-order valence-corrected chi connectivity index (χ0v) is 15.3. The Morgan fingerprint density at radius 2 is 1.96 bits per heavy atom. The highest BCUT2D eigenvalue weighted by Gasteiger charge is 2.13. The first kappa shape index (κ1) is 18.2. The Morgan fingerprint density at radius 3 is 2.69 bits per heavy atom. The smallest absolute Gasteiger partial charge is 0.249 e. The molecular weight excluding hydrogens is 377 g/mol. The highest BCUT2D eigenvalue weighted by Crippen LogP contribution is 2.28. The number of benzene rings is 2. The van der Waals surface area contributed by atoms with E-state index in [0.29, 0.717) is 45.2 Å². The third kappa shape index (κ3) is 4.33. The van der Waals surface area contributed by atoms with Crippen molar-refractivity contribution >= 4 is 34.8 Å². The van der Waals surface area contributed by atoms with Crippen LogP contribution in [0.1, 0.15) is 12.3 Å². The number of carbonyl (C=O) groups is 1. The predicted molar refractivity (Wildman–Crippen MR) is 99.7 cm³/mol. The molecule has 3 aromatic rings. The van der Waals surface area contributed by atoms with Crippen LogP contribution < -0.4 is 10.1 Å². The number of nitrogens with one attached hydrogen (secondary N) is 1. The van der Waals surface area contributed by atoms with Crippen LogP contribution in [0.3, 0.4) is 0 Å². The van der Waals surface area contributed by atoms with Crippen molar-refractivity contribution < 1.29 is 13.9 Å². The second kappa shape index (κ2) is 8.21. The minimum absolute atomic E-state index is 0.188. The van der Waals surface area contributed by atoms with Crippen molar-refractivity contribution in [2.24, 2.45) is 0 Å². The quantitative estimate of drug-likeness (QED) is 0.662. The maximum atomic E-state index is 12.1. The van der Waals surface area contributed by atoms with Crippen molar-refractivity contribution in [2.75, 3.05) is 12.4 Å². The monoisotopic (exact) mass is 391 g/mol. The SMILES string of the molecule is COc1ccc(NC(=O)CCc2nnc(-c3ccccc3Cl)o2)cc1Cl. The molecule has 8 heteroatoms. The molecule has 1 heterocycles. The Balaban J connectivity index is 1.58. The fourth-order valence-corrected chi connectivity index (χ4v) is 2.76. The van der Waals surface area contributed by atoms with Gasteiger partial charge in [0.05, 0.1) is 22.7 Å². The van der Waals surface area contributed by atoms with Gasteiger partial charge in [-0.3, -0.25) is 4.79 Å². The molecule has 0 fully saturated rings. The number of halogens is 2. The Hall–Kier alpha value is -2.57. The standard InChI is InChI=1S/C18H15Cl2N3O3/c1-25-15-7-6-11(10-14(15)20)21-16(24)8-9-17-22-23-18(26-17)12-4-2-3-5-13(12)19/h2-7,10H,8-9H2,1H3,(H,21,24). The molecule has 3 rings (SSSR count). The van der Waals surface area contributed by atoms with E-state index >= 15 is 0 Å². The molecule has 26 heavy (non-hydrogen) atoms. The minimum Gasteiger partial charge on any atom is -0.495 e. The van der Waals surface area contributed by atoms with Crippen molar-refractivity contribution in [3.8, 4) is 17.2 Å². The molecule has 0 aliphatic heterocycles. The Kier molecular flexibility index (Phi) is 5.75. The summed E-state index contributed by atoms with van der Waals surface area (Å²) in [6.07, 6.45) is 0.501. The number of anilines is 1. The Morgan fingerprint density at radius 1 is 1.15 bits per heavy atom. The first-order valence-corrected chi connectivity index (χ1v) is 8.53. The highest BCUT2D eigenvalue weighted by molar-refractivity contribution is 6.33. The van der Waals surface area contributed by atoms with Gasteiger partial charge in [-0.1, -0.05) is 35.3 Å². The topological polar surface area (TPSA) is 77.2 Å². The van der Waals surface area contributed by atoms with Gasteiger partial charge in [-0.15, -0.1) is 10.2 Å². The number of hydrogen-bond acceptors (Lipinski definition) is 5. The molecule has 1 N–H and O–H groups in total. The van der Waals surface area contributed by atoms with Crippen LogP contribution in [0.2, 0.25) is 10.0 Å². The molecule has 0 bridgehead atoms. The van der Waals surface area contributed by atoms with Crippen LogP contribution in [0, 0.1) is 0 Å². The number of methoxy groups -OCH3 is 1. The van der Waals surface area contributed by atoms with E-state index < -0.39 is 0 Å². The van der Waals surface area contributed by atoms with E-state index in [1.54, 1.807) is 30.3 Å². The van der Waals surface area contributed by atoms with Crippen molar-refractivity contribution in [3.05, 3.63) is 58.4 Å². The largest absolute Gasteiger partial charge is 0.495 e. The van der Waals surface area contributed by atoms with E-state index in [2.05, 4.69) is 15.5 Å². The lowest BCUT2D eigenvalue weighted by molar-refractivity contribution is -0.116. The zero-order chi connectivity index (χ0) is 18.5. The third-order valence-corrected chi connectivity index (χ3v) is 4.20. The third-order valence-electron chi connectivity index (χ3n) is 3.57. The average Bonchev–Trinajstić information content (AvgIpc) is 3.09. The lowest BCUT2D eigenvalue weighted by atomic mass is 10.2. The van der Waals surface area contributed by atoms with E-state index in [9.17, 15) is 4.79 Å². The molecule has 0 radical (unpaired) electrons. The van der Waals surface area contributed by atoms with E-state index in [1.165, 1.54) is 7.11 Å². The van der Waals surface area contributed by atoms with E-state index in [-0.39, 0.29) is 12.3 Å². The first-order valence-electron chi connectivity index (χ1n) is 7.77. The van der Waals surface area contributed by atoms with Crippen LogP contribution in [0.15, 0.2) is 46.9 Å². The van der Waals surface area contributed by atoms with E-state index in [0.717, 1.165) is 0 Å². The van der Waals surface area contributed by atoms with Crippen LogP contribution in [0.25, 0.3) is 11.5 Å². The summed E-state index contributed by atoms with van der Waals surface area (Å²) in [6.45, 7) is 0. The maximum absolute atomic E-state index is 12.1. The number of nitrogens with zero attached hydrogens (tertiary/aromatic N) is 2. The molecule has 134 valence electrons. The van der Waals surface area contributed by atoms with Gasteiger partial charge < -0.3 is 14.5 Å². The number of amides is 1. The predicted octanol–water partition coefficient (Wildman–Crippen LogP) is 4.62. The Labute approximate surface area is 160 Å². The van der Waals surface area contributed by atoms with Gasteiger partial charge >= 0.3 is 0 Å². The minimum atomic E-state index is -0.191. The van der Waals surface area contributed by atoms with Gasteiger partial charge in [0.25, 0.3) is 0 Å². The fraction of sp³-hybridized carbons (Fsp3) is 0.167. The van der Waals surface area contributed by atoms with E-state index in [1.807, 2.05) is 12.1 Å². The van der Waals surface area contributed by atoms with Crippen molar-refractivity contribution in [2.45, 2.75) is 12.8 Å². The molecule has 1 aromatic heterocycles. The molecule has 0 spiro atoms. The molecule has 0 aliphatic carbocycles. The summed E-state index contributed by atoms with van der Waals surface area (Å²) >= 11 is 12.1. The van der Waals surface area contributed by atoms with Crippen LogP contribution in [-0.4, -0.2) is 23.2 Å². The van der Waals surface area contributed by atoms with Crippen LogP contribution in [0.5, 0.6) is 5.75 Å². The van der Waals surface area contributed by atoms with Gasteiger partial charge in [0.15, 0.2) is 0 Å². The number of hydrogen-bond donors (Lipinski definition) is 1. The fourth-order valence-electron chi connectivity index (χ4n) is 2.29. The van der Waals surface area contributed by atoms with Gasteiger partial charge in [-0.2, -0.15) is 0 Å². The first-order chi connectivity index (χ1) is 12.6. The van der Waals surface area contributed by atoms with Gasteiger partial charge in [0.1, 0.15) is 5.75 Å². The summed E-state index contributed by atoms with van der Waals surface area (Å²) in [5, 5.41) is 11.6. The van der Waals surface area contributed by atoms with Gasteiger partial charge in [-0.05, 0) is 30.3 Å². The lowest BCUT2D eigenvalue weighted by Gasteiger charge is -2.07. The second-order valence-corrected chi connectivity index (χ2v) is 6.19. The van der Waals surface area contributed by atoms with Crippen molar-refractivity contribution in [1.29, 1.82) is 0 Å². The highest BCUT2D eigenvalue weighted by atomic mass is 35.5. The van der Waals surface area contributed by atoms with E-state index in [4.69, 9.17) is 32.4 Å². The molecule has 0 saturated carbocycles. The normalized spacial score (nSPS) is 10.6. The van der Waals surface area contributed by atoms with Gasteiger partial charge in [0, 0.05) is 18.5 Å². The summed E-state index contributed by atoms with van der Waals surface area (Å²) in [5.74, 6) is 1.04. The van der Waals surface area contributed by atoms with Crippen molar-refractivity contribution in [3.63, 3.8) is 0 Å². The molecule has 0 saturated heterocycles. The molecule has 0 aliphatic rings. The summed E-state index contributed by atoms with van der Waals surface area (Å²) in [7, 11) is 1.53. The van der Waals surface area contributed by atoms with Crippen LogP contribution in [0.4, 0.5) is 5.69 Å². The van der Waals surface area contributed by atoms with Crippen molar-refractivity contribution in [1.82, 2.24) is 10.2 Å². The molecule has 2 aromatic carbocycles. The molecule has 1 amide bonds. The Bertz CT molecular complexity index is 928. The number of rotatable bonds is 6. The van der Waals surface area contributed by atoms with Gasteiger partial charge in [0.2, 0.25) is 17.7 Å². The van der Waals surface area contributed by atoms with Gasteiger partial charge in [-0.25, -0.2) is 0 Å². The summed E-state index contributed by atoms with van der Waals surface area (Å²) in [6, 6.07) is 12.2. The molecular formula is C18H15Cl2N3O3. The zero-order valence-electron chi connectivity index (χ0n) is 13.8. The number of aromatic nitrogens is 2. The number of aryl methyl sites for hydroxylation is 1. The lowest BCUT2D eigenvalue weighted by Crippen LogP contribution is -2.12. The molecule has 6 nitrogen and oxygen atoms in total. The number of carbonyl (C=O) groups excluding carboxylic acids is 1. The van der Waals surface area contributed by atoms with Crippen LogP contribution in [-0.2, 0) is 11.2 Å². The molecule has 0 unspecified atom stereocenters. The number of ether oxygens (including phenoxy) is 1. The average molecular weight is 392 g/mol. The summed E-state index contributed by atoms with van der Waals surface area (Å²) in [4.78, 5) is 12.1. The maximum Gasteiger partial charge on any atom is 0.249 e. The molecule has 0 atom stereocenters. The second-order valence-electron chi connectivity index (χ2n) is 5.38.